The van der Waals surface area contributed by atoms with Crippen molar-refractivity contribution < 1.29 is 28.6 Å². The molecule has 1 fully saturated rings. The maximum Gasteiger partial charge on any atom is 0.241 e. The van der Waals surface area contributed by atoms with Crippen molar-refractivity contribution in [3.63, 3.8) is 0 Å². The van der Waals surface area contributed by atoms with Crippen LogP contribution < -0.4 is 19.5 Å². The molecule has 10 nitrogen and oxygen atoms in total. The van der Waals surface area contributed by atoms with Crippen LogP contribution in [-0.2, 0) is 17.7 Å². The van der Waals surface area contributed by atoms with Crippen molar-refractivity contribution in [2.45, 2.75) is 19.1 Å². The molecule has 1 unspecified atom stereocenters. The lowest BCUT2D eigenvalue weighted by atomic mass is 10.1. The van der Waals surface area contributed by atoms with E-state index in [-0.39, 0.29) is 6.61 Å². The third-order valence-electron chi connectivity index (χ3n) is 5.90. The molecule has 2 aromatic carbocycles. The SMILES string of the molecule is COc1ccc(CCNCC(O)COc2ccc(-c3noc(CN4CCOCC4)n3)cc2)cc1OC. The molecule has 0 radical (unpaired) electrons. The van der Waals surface area contributed by atoms with E-state index in [2.05, 4.69) is 20.4 Å². The molecule has 1 aromatic heterocycles. The van der Waals surface area contributed by atoms with Crippen molar-refractivity contribution in [1.29, 1.82) is 0 Å². The van der Waals surface area contributed by atoms with Gasteiger partial charge < -0.3 is 33.9 Å². The van der Waals surface area contributed by atoms with Crippen molar-refractivity contribution >= 4 is 0 Å². The van der Waals surface area contributed by atoms with Crippen LogP contribution in [0.2, 0.25) is 0 Å². The van der Waals surface area contributed by atoms with Crippen molar-refractivity contribution in [3.05, 3.63) is 53.9 Å². The first-order chi connectivity index (χ1) is 17.6. The zero-order valence-corrected chi connectivity index (χ0v) is 20.8. The molecular formula is C26H34N4O6. The van der Waals surface area contributed by atoms with Crippen LogP contribution in [0.1, 0.15) is 11.5 Å². The van der Waals surface area contributed by atoms with E-state index in [4.69, 9.17) is 23.5 Å². The highest BCUT2D eigenvalue weighted by molar-refractivity contribution is 5.55. The fraction of sp³-hybridized carbons (Fsp3) is 0.462. The van der Waals surface area contributed by atoms with E-state index >= 15 is 0 Å². The molecule has 194 valence electrons. The summed E-state index contributed by atoms with van der Waals surface area (Å²) in [6.45, 7) is 5.15. The Bertz CT molecular complexity index is 1070. The molecule has 0 aliphatic carbocycles. The number of morpholine rings is 1. The molecule has 4 rings (SSSR count). The number of methoxy groups -OCH3 is 2. The molecule has 10 heteroatoms. The van der Waals surface area contributed by atoms with Crippen molar-refractivity contribution in [3.8, 4) is 28.6 Å². The molecule has 0 saturated carbocycles. The van der Waals surface area contributed by atoms with E-state index in [1.807, 2.05) is 42.5 Å². The van der Waals surface area contributed by atoms with Crippen LogP contribution in [0.5, 0.6) is 17.2 Å². The zero-order valence-electron chi connectivity index (χ0n) is 20.8. The maximum atomic E-state index is 10.3. The fourth-order valence-corrected chi connectivity index (χ4v) is 3.88. The average Bonchev–Trinajstić information content (AvgIpc) is 3.39. The molecular weight excluding hydrogens is 464 g/mol. The number of aromatic nitrogens is 2. The lowest BCUT2D eigenvalue weighted by molar-refractivity contribution is 0.0297. The van der Waals surface area contributed by atoms with E-state index in [0.29, 0.717) is 42.1 Å². The standard InChI is InChI=1S/C26H34N4O6/c1-32-23-8-3-19(15-24(23)33-2)9-10-27-16-21(31)18-35-22-6-4-20(5-7-22)26-28-25(36-29-26)17-30-11-13-34-14-12-30/h3-8,15,21,27,31H,9-14,16-18H2,1-2H3. The quantitative estimate of drug-likeness (QED) is 0.340. The van der Waals surface area contributed by atoms with E-state index in [0.717, 1.165) is 50.4 Å². The van der Waals surface area contributed by atoms with Gasteiger partial charge in [0.15, 0.2) is 11.5 Å². The van der Waals surface area contributed by atoms with Crippen molar-refractivity contribution in [1.82, 2.24) is 20.4 Å². The number of aliphatic hydroxyl groups is 1. The Balaban J connectivity index is 1.16. The average molecular weight is 499 g/mol. The van der Waals surface area contributed by atoms with Gasteiger partial charge >= 0.3 is 0 Å². The highest BCUT2D eigenvalue weighted by atomic mass is 16.5. The molecule has 1 aliphatic heterocycles. The van der Waals surface area contributed by atoms with Gasteiger partial charge in [-0.2, -0.15) is 4.98 Å². The lowest BCUT2D eigenvalue weighted by Gasteiger charge is -2.24. The summed E-state index contributed by atoms with van der Waals surface area (Å²) >= 11 is 0. The number of nitrogens with zero attached hydrogens (tertiary/aromatic N) is 3. The van der Waals surface area contributed by atoms with Gasteiger partial charge in [0.05, 0.1) is 34.0 Å². The number of aliphatic hydroxyl groups excluding tert-OH is 1. The van der Waals surface area contributed by atoms with Gasteiger partial charge in [0, 0.05) is 25.2 Å². The maximum absolute atomic E-state index is 10.3. The van der Waals surface area contributed by atoms with Crippen LogP contribution >= 0.6 is 0 Å². The molecule has 3 aromatic rings. The molecule has 0 amide bonds. The molecule has 2 heterocycles. The van der Waals surface area contributed by atoms with Gasteiger partial charge in [0.25, 0.3) is 0 Å². The number of rotatable bonds is 13. The number of hydrogen-bond donors (Lipinski definition) is 2. The summed E-state index contributed by atoms with van der Waals surface area (Å²) in [5.74, 6) is 3.22. The second-order valence-corrected chi connectivity index (χ2v) is 8.53. The fourth-order valence-electron chi connectivity index (χ4n) is 3.88. The Kier molecular flexibility index (Phi) is 9.51. The lowest BCUT2D eigenvalue weighted by Crippen LogP contribution is -2.35. The van der Waals surface area contributed by atoms with Gasteiger partial charge in [-0.1, -0.05) is 11.2 Å². The minimum atomic E-state index is -0.630. The smallest absolute Gasteiger partial charge is 0.241 e. The van der Waals surface area contributed by atoms with Gasteiger partial charge in [-0.25, -0.2) is 0 Å². The van der Waals surface area contributed by atoms with Gasteiger partial charge in [0.1, 0.15) is 18.5 Å². The number of nitrogens with one attached hydrogen (secondary N) is 1. The number of ether oxygens (including phenoxy) is 4. The van der Waals surface area contributed by atoms with Gasteiger partial charge in [0.2, 0.25) is 11.7 Å². The van der Waals surface area contributed by atoms with E-state index in [9.17, 15) is 5.11 Å². The van der Waals surface area contributed by atoms with Crippen LogP contribution in [0.3, 0.4) is 0 Å². The minimum Gasteiger partial charge on any atom is -0.493 e. The van der Waals surface area contributed by atoms with Crippen LogP contribution in [0.15, 0.2) is 47.0 Å². The van der Waals surface area contributed by atoms with Crippen LogP contribution in [0.4, 0.5) is 0 Å². The molecule has 0 spiro atoms. The molecule has 2 N–H and O–H groups in total. The third kappa shape index (κ3) is 7.41. The van der Waals surface area contributed by atoms with E-state index < -0.39 is 6.10 Å². The number of benzene rings is 2. The minimum absolute atomic E-state index is 0.189. The predicted octanol–water partition coefficient (Wildman–Crippen LogP) is 2.16. The highest BCUT2D eigenvalue weighted by Crippen LogP contribution is 2.27. The molecule has 1 saturated heterocycles. The second kappa shape index (κ2) is 13.2. The monoisotopic (exact) mass is 498 g/mol. The molecule has 36 heavy (non-hydrogen) atoms. The summed E-state index contributed by atoms with van der Waals surface area (Å²) in [5.41, 5.74) is 1.97. The first kappa shape index (κ1) is 25.9. The van der Waals surface area contributed by atoms with Crippen molar-refractivity contribution in [2.75, 3.05) is 60.2 Å². The topological polar surface area (TPSA) is 111 Å². The molecule has 0 bridgehead atoms. The van der Waals surface area contributed by atoms with Crippen LogP contribution in [-0.4, -0.2) is 86.5 Å². The van der Waals surface area contributed by atoms with Gasteiger partial charge in [-0.05, 0) is 54.9 Å². The Hall–Kier alpha value is -3.18. The first-order valence-corrected chi connectivity index (χ1v) is 12.1. The summed E-state index contributed by atoms with van der Waals surface area (Å²) in [7, 11) is 3.24. The van der Waals surface area contributed by atoms with Crippen LogP contribution in [0, 0.1) is 0 Å². The third-order valence-corrected chi connectivity index (χ3v) is 5.90. The normalized spacial score (nSPS) is 15.0. The predicted molar refractivity (Wildman–Crippen MR) is 133 cm³/mol. The summed E-state index contributed by atoms with van der Waals surface area (Å²) in [5, 5.41) is 17.6. The zero-order chi connectivity index (χ0) is 25.2. The summed E-state index contributed by atoms with van der Waals surface area (Å²) in [6, 6.07) is 13.3. The van der Waals surface area contributed by atoms with Gasteiger partial charge in [-0.3, -0.25) is 4.90 Å². The Labute approximate surface area is 211 Å². The first-order valence-electron chi connectivity index (χ1n) is 12.1. The largest absolute Gasteiger partial charge is 0.493 e. The number of hydrogen-bond acceptors (Lipinski definition) is 10. The summed E-state index contributed by atoms with van der Waals surface area (Å²) in [6.07, 6.45) is 0.176. The van der Waals surface area contributed by atoms with Crippen LogP contribution in [0.25, 0.3) is 11.4 Å². The summed E-state index contributed by atoms with van der Waals surface area (Å²) < 4.78 is 27.1. The van der Waals surface area contributed by atoms with Gasteiger partial charge in [-0.15, -0.1) is 0 Å². The Morgan fingerprint density at radius 2 is 1.83 bits per heavy atom. The van der Waals surface area contributed by atoms with E-state index in [1.54, 1.807) is 14.2 Å². The second-order valence-electron chi connectivity index (χ2n) is 8.53. The molecule has 1 aliphatic rings. The van der Waals surface area contributed by atoms with Crippen molar-refractivity contribution in [2.24, 2.45) is 0 Å². The highest BCUT2D eigenvalue weighted by Gasteiger charge is 2.16. The Morgan fingerprint density at radius 3 is 2.58 bits per heavy atom. The Morgan fingerprint density at radius 1 is 1.06 bits per heavy atom. The summed E-state index contributed by atoms with van der Waals surface area (Å²) in [4.78, 5) is 6.73. The molecule has 1 atom stereocenters. The van der Waals surface area contributed by atoms with E-state index in [1.165, 1.54) is 0 Å².